The second-order valence-corrected chi connectivity index (χ2v) is 2.61. The van der Waals surface area contributed by atoms with Crippen molar-refractivity contribution in [2.45, 2.75) is 6.18 Å². The van der Waals surface area contributed by atoms with Crippen molar-refractivity contribution in [1.82, 2.24) is 4.98 Å². The number of pyridine rings is 1. The van der Waals surface area contributed by atoms with Crippen molar-refractivity contribution in [2.75, 3.05) is 0 Å². The highest BCUT2D eigenvalue weighted by molar-refractivity contribution is 5.73. The number of nitrogens with zero attached hydrogens (tertiary/aromatic N) is 1. The predicted molar refractivity (Wildman–Crippen MR) is 47.7 cm³/mol. The second kappa shape index (κ2) is 4.65. The van der Waals surface area contributed by atoms with E-state index < -0.39 is 12.1 Å². The first-order valence-electron chi connectivity index (χ1n) is 3.99. The number of hydrogen-bond acceptors (Lipinski definition) is 3. The number of alkyl halides is 3. The first-order valence-corrected chi connectivity index (χ1v) is 3.99. The lowest BCUT2D eigenvalue weighted by Gasteiger charge is -1.93. The van der Waals surface area contributed by atoms with Crippen molar-refractivity contribution < 1.29 is 27.5 Å². The predicted octanol–water partition coefficient (Wildman–Crippen LogP) is 2.46. The van der Waals surface area contributed by atoms with E-state index in [0.29, 0.717) is 0 Å². The molecule has 0 saturated heterocycles. The van der Waals surface area contributed by atoms with Crippen LogP contribution in [0.2, 0.25) is 0 Å². The van der Waals surface area contributed by atoms with E-state index in [9.17, 15) is 13.2 Å². The molecule has 86 valence electrons. The smallest absolute Gasteiger partial charge is 0.475 e. The molecule has 0 aliphatic rings. The van der Waals surface area contributed by atoms with Gasteiger partial charge in [-0.2, -0.15) is 13.2 Å². The van der Waals surface area contributed by atoms with E-state index in [0.717, 1.165) is 11.1 Å². The van der Waals surface area contributed by atoms with Gasteiger partial charge in [0, 0.05) is 12.3 Å². The molecule has 0 amide bonds. The summed E-state index contributed by atoms with van der Waals surface area (Å²) in [6.07, 6.45) is -1.70. The maximum atomic E-state index is 10.6. The number of hydrogen-bond donors (Lipinski definition) is 1. The molecule has 0 bridgehead atoms. The van der Waals surface area contributed by atoms with Gasteiger partial charge in [-0.3, -0.25) is 4.98 Å². The van der Waals surface area contributed by atoms with Gasteiger partial charge < -0.3 is 9.52 Å². The molecule has 0 radical (unpaired) electrons. The van der Waals surface area contributed by atoms with Crippen molar-refractivity contribution in [3.05, 3.63) is 30.7 Å². The SMILES string of the molecule is O=C(O)C(F)(F)F.c1cnc2ccoc2c1. The Labute approximate surface area is 87.3 Å². The molecule has 2 aromatic rings. The van der Waals surface area contributed by atoms with Crippen LogP contribution >= 0.6 is 0 Å². The Bertz CT molecular complexity index is 448. The lowest BCUT2D eigenvalue weighted by molar-refractivity contribution is -0.192. The zero-order valence-electron chi connectivity index (χ0n) is 7.73. The highest BCUT2D eigenvalue weighted by atomic mass is 19.4. The minimum absolute atomic E-state index is 0.845. The summed E-state index contributed by atoms with van der Waals surface area (Å²) in [5, 5.41) is 7.12. The van der Waals surface area contributed by atoms with E-state index >= 15 is 0 Å². The Morgan fingerprint density at radius 2 is 2.00 bits per heavy atom. The van der Waals surface area contributed by atoms with Crippen LogP contribution in [-0.2, 0) is 4.79 Å². The number of rotatable bonds is 0. The summed E-state index contributed by atoms with van der Waals surface area (Å²) in [5.41, 5.74) is 1.76. The molecule has 0 aliphatic heterocycles. The molecule has 2 rings (SSSR count). The Hall–Kier alpha value is -2.05. The third-order valence-corrected chi connectivity index (χ3v) is 1.46. The highest BCUT2D eigenvalue weighted by Crippen LogP contribution is 2.13. The van der Waals surface area contributed by atoms with E-state index in [-0.39, 0.29) is 0 Å². The molecule has 16 heavy (non-hydrogen) atoms. The lowest BCUT2D eigenvalue weighted by Crippen LogP contribution is -2.21. The van der Waals surface area contributed by atoms with Crippen molar-refractivity contribution in [3.63, 3.8) is 0 Å². The summed E-state index contributed by atoms with van der Waals surface area (Å²) < 4.78 is 36.8. The van der Waals surface area contributed by atoms with Gasteiger partial charge >= 0.3 is 12.1 Å². The van der Waals surface area contributed by atoms with Crippen LogP contribution in [0.15, 0.2) is 35.1 Å². The quantitative estimate of drug-likeness (QED) is 0.759. The number of aromatic nitrogens is 1. The van der Waals surface area contributed by atoms with Gasteiger partial charge in [-0.25, -0.2) is 4.79 Å². The molecular weight excluding hydrogens is 227 g/mol. The molecular formula is C9H6F3NO3. The Kier molecular flexibility index (Phi) is 3.49. The van der Waals surface area contributed by atoms with Crippen molar-refractivity contribution in [3.8, 4) is 0 Å². The minimum Gasteiger partial charge on any atom is -0.475 e. The van der Waals surface area contributed by atoms with Gasteiger partial charge in [-0.1, -0.05) is 0 Å². The first-order chi connectivity index (χ1) is 7.41. The molecule has 2 aromatic heterocycles. The van der Waals surface area contributed by atoms with Gasteiger partial charge in [0.05, 0.1) is 6.26 Å². The first kappa shape index (κ1) is 12.0. The topological polar surface area (TPSA) is 63.3 Å². The Balaban J connectivity index is 0.000000168. The third kappa shape index (κ3) is 3.26. The second-order valence-electron chi connectivity index (χ2n) is 2.61. The van der Waals surface area contributed by atoms with Gasteiger partial charge in [-0.15, -0.1) is 0 Å². The number of furan rings is 1. The third-order valence-electron chi connectivity index (χ3n) is 1.46. The molecule has 0 unspecified atom stereocenters. The maximum absolute atomic E-state index is 10.6. The van der Waals surface area contributed by atoms with Gasteiger partial charge in [-0.05, 0) is 12.1 Å². The molecule has 0 aromatic carbocycles. The standard InChI is InChI=1S/C7H5NO.C2HF3O2/c1-2-7-6(8-4-1)3-5-9-7;3-2(4,5)1(6)7/h1-5H;(H,6,7). The summed E-state index contributed by atoms with van der Waals surface area (Å²) in [6, 6.07) is 5.59. The number of aliphatic carboxylic acids is 1. The van der Waals surface area contributed by atoms with Crippen LogP contribution in [0.25, 0.3) is 11.1 Å². The molecule has 4 nitrogen and oxygen atoms in total. The van der Waals surface area contributed by atoms with Crippen LogP contribution in [-0.4, -0.2) is 22.2 Å². The number of fused-ring (bicyclic) bond motifs is 1. The lowest BCUT2D eigenvalue weighted by atomic mass is 10.4. The summed E-state index contributed by atoms with van der Waals surface area (Å²) in [5.74, 6) is -2.76. The van der Waals surface area contributed by atoms with Crippen molar-refractivity contribution in [1.29, 1.82) is 0 Å². The van der Waals surface area contributed by atoms with Crippen molar-refractivity contribution >= 4 is 17.1 Å². The molecule has 0 spiro atoms. The van der Waals surface area contributed by atoms with Gasteiger partial charge in [0.2, 0.25) is 0 Å². The molecule has 2 heterocycles. The molecule has 0 fully saturated rings. The van der Waals surface area contributed by atoms with E-state index in [1.807, 2.05) is 18.2 Å². The van der Waals surface area contributed by atoms with Crippen LogP contribution in [0.5, 0.6) is 0 Å². The average molecular weight is 233 g/mol. The number of carboxylic acid groups (broad SMARTS) is 1. The van der Waals surface area contributed by atoms with E-state index in [4.69, 9.17) is 14.3 Å². The minimum atomic E-state index is -5.08. The van der Waals surface area contributed by atoms with Gasteiger partial charge in [0.1, 0.15) is 5.52 Å². The van der Waals surface area contributed by atoms with Crippen LogP contribution < -0.4 is 0 Å². The molecule has 0 atom stereocenters. The van der Waals surface area contributed by atoms with Crippen LogP contribution in [0.4, 0.5) is 13.2 Å². The summed E-state index contributed by atoms with van der Waals surface area (Å²) in [6.45, 7) is 0. The molecule has 0 aliphatic carbocycles. The fourth-order valence-corrected chi connectivity index (χ4v) is 0.799. The monoisotopic (exact) mass is 233 g/mol. The van der Waals surface area contributed by atoms with Gasteiger partial charge in [0.25, 0.3) is 0 Å². The number of halogens is 3. The number of carbonyl (C=O) groups is 1. The Morgan fingerprint density at radius 3 is 2.50 bits per heavy atom. The largest absolute Gasteiger partial charge is 0.490 e. The zero-order chi connectivity index (χ0) is 12.2. The molecule has 1 N–H and O–H groups in total. The molecule has 7 heteroatoms. The number of carboxylic acids is 1. The maximum Gasteiger partial charge on any atom is 0.490 e. The normalized spacial score (nSPS) is 10.7. The average Bonchev–Trinajstić information content (AvgIpc) is 2.64. The zero-order valence-corrected chi connectivity index (χ0v) is 7.73. The van der Waals surface area contributed by atoms with E-state index in [2.05, 4.69) is 4.98 Å². The molecule has 0 saturated carbocycles. The van der Waals surface area contributed by atoms with Crippen LogP contribution in [0.3, 0.4) is 0 Å². The van der Waals surface area contributed by atoms with Crippen LogP contribution in [0.1, 0.15) is 0 Å². The van der Waals surface area contributed by atoms with Gasteiger partial charge in [0.15, 0.2) is 5.58 Å². The van der Waals surface area contributed by atoms with E-state index in [1.54, 1.807) is 12.5 Å². The van der Waals surface area contributed by atoms with E-state index in [1.165, 1.54) is 0 Å². The fraction of sp³-hybridized carbons (Fsp3) is 0.111. The highest BCUT2D eigenvalue weighted by Gasteiger charge is 2.38. The fourth-order valence-electron chi connectivity index (χ4n) is 0.799. The summed E-state index contributed by atoms with van der Waals surface area (Å²) >= 11 is 0. The van der Waals surface area contributed by atoms with Crippen LogP contribution in [0, 0.1) is 0 Å². The summed E-state index contributed by atoms with van der Waals surface area (Å²) in [7, 11) is 0. The Morgan fingerprint density at radius 1 is 1.38 bits per heavy atom. The van der Waals surface area contributed by atoms with Crippen molar-refractivity contribution in [2.24, 2.45) is 0 Å². The summed E-state index contributed by atoms with van der Waals surface area (Å²) in [4.78, 5) is 12.9.